The number of aromatic amines is 1. The van der Waals surface area contributed by atoms with Crippen molar-refractivity contribution in [2.24, 2.45) is 11.8 Å². The van der Waals surface area contributed by atoms with Gasteiger partial charge in [0.2, 0.25) is 6.79 Å². The van der Waals surface area contributed by atoms with Crippen molar-refractivity contribution < 1.29 is 38.4 Å². The van der Waals surface area contributed by atoms with Crippen LogP contribution in [0.2, 0.25) is 0 Å². The van der Waals surface area contributed by atoms with Crippen molar-refractivity contribution in [3.05, 3.63) is 75.4 Å². The summed E-state index contributed by atoms with van der Waals surface area (Å²) in [5, 5.41) is 28.0. The topological polar surface area (TPSA) is 159 Å². The van der Waals surface area contributed by atoms with Crippen LogP contribution < -0.4 is 19.5 Å². The molecule has 56 heavy (non-hydrogen) atoms. The van der Waals surface area contributed by atoms with E-state index in [2.05, 4.69) is 38.3 Å². The van der Waals surface area contributed by atoms with E-state index in [1.54, 1.807) is 18.9 Å². The minimum atomic E-state index is -1.24. The van der Waals surface area contributed by atoms with Crippen LogP contribution in [-0.2, 0) is 31.0 Å². The molecule has 9 heterocycles. The Morgan fingerprint density at radius 3 is 2.73 bits per heavy atom. The number of esters is 2. The quantitative estimate of drug-likeness (QED) is 0.230. The Balaban J connectivity index is 1.25. The number of benzene rings is 2. The number of carbonyl (C=O) groups is 2. The standard InChI is InChI=1S/C42H45N5O8S/c1-20-14-23-15-41(16-43)17-46(4)31(28(23)33(49)34(20)51-5)32-38-30-29(37-36(53-19-54-37)21(2)35(30)55-22(3)48)27(47(32)41)11-13-52-40(50)42(18-56-38)39-25(10-12-44-42)24-8-6-7-9-26(24)45-39/h6-9,14,23,27-28,31-32,38,44-45,49H,10-13,15,17-19H2,1-5H3/t23?,27-,28?,31-,32+,38+,41?,42+/m0/s1. The maximum atomic E-state index is 14.8. The van der Waals surface area contributed by atoms with Gasteiger partial charge in [-0.2, -0.15) is 5.26 Å². The fourth-order valence-corrected chi connectivity index (χ4v) is 13.2. The molecule has 4 saturated heterocycles. The zero-order valence-electron chi connectivity index (χ0n) is 32.1. The summed E-state index contributed by atoms with van der Waals surface area (Å²) in [6.07, 6.45) is 3.69. The van der Waals surface area contributed by atoms with Gasteiger partial charge in [0.25, 0.3) is 0 Å². The molecule has 2 aromatic carbocycles. The minimum absolute atomic E-state index is 0.00723. The number of aliphatic hydroxyl groups excluding tert-OH is 1. The second-order valence-corrected chi connectivity index (χ2v) is 17.5. The molecule has 1 spiro atoms. The van der Waals surface area contributed by atoms with Gasteiger partial charge in [-0.1, -0.05) is 24.3 Å². The molecule has 4 bridgehead atoms. The molecule has 4 unspecified atom stereocenters. The number of fused-ring (bicyclic) bond motifs is 9. The molecule has 292 valence electrons. The Morgan fingerprint density at radius 1 is 1.14 bits per heavy atom. The molecule has 3 aromatic rings. The number of rotatable bonds is 2. The molecule has 9 aliphatic rings. The Morgan fingerprint density at radius 2 is 1.95 bits per heavy atom. The van der Waals surface area contributed by atoms with Gasteiger partial charge in [-0.05, 0) is 56.9 Å². The summed E-state index contributed by atoms with van der Waals surface area (Å²) in [4.78, 5) is 36.0. The number of carbonyl (C=O) groups excluding carboxylic acids is 2. The van der Waals surface area contributed by atoms with Crippen LogP contribution in [0.1, 0.15) is 65.9 Å². The number of nitrogens with one attached hydrogen (secondary N) is 2. The molecule has 4 fully saturated rings. The molecule has 13 nitrogen and oxygen atoms in total. The lowest BCUT2D eigenvalue weighted by atomic mass is 9.73. The average Bonchev–Trinajstić information content (AvgIpc) is 3.76. The first-order valence-corrected chi connectivity index (χ1v) is 20.4. The number of thioether (sulfide) groups is 1. The molecule has 0 amide bonds. The largest absolute Gasteiger partial charge is 0.508 e. The van der Waals surface area contributed by atoms with Gasteiger partial charge in [0.05, 0.1) is 30.7 Å². The van der Waals surface area contributed by atoms with Crippen molar-refractivity contribution in [2.75, 3.05) is 46.4 Å². The van der Waals surface area contributed by atoms with Gasteiger partial charge in [0, 0.05) is 83.8 Å². The third kappa shape index (κ3) is 4.71. The van der Waals surface area contributed by atoms with Crippen molar-refractivity contribution in [3.8, 4) is 23.3 Å². The number of nitriles is 1. The van der Waals surface area contributed by atoms with Crippen molar-refractivity contribution in [1.82, 2.24) is 20.1 Å². The van der Waals surface area contributed by atoms with E-state index < -0.39 is 40.3 Å². The highest BCUT2D eigenvalue weighted by Gasteiger charge is 2.66. The molecular formula is C42H45N5O8S. The molecule has 9 atom stereocenters. The van der Waals surface area contributed by atoms with Crippen molar-refractivity contribution in [1.29, 1.82) is 5.26 Å². The van der Waals surface area contributed by atoms with Crippen molar-refractivity contribution >= 4 is 34.6 Å². The maximum Gasteiger partial charge on any atom is 0.333 e. The number of allylic oxidation sites excluding steroid dienone is 2. The Bertz CT molecular complexity index is 2330. The number of methoxy groups -OCH3 is 1. The molecule has 1 aliphatic carbocycles. The number of nitrogens with zero attached hydrogens (tertiary/aromatic N) is 3. The van der Waals surface area contributed by atoms with Gasteiger partial charge in [0.15, 0.2) is 22.8 Å². The predicted octanol–water partition coefficient (Wildman–Crippen LogP) is 5.21. The van der Waals surface area contributed by atoms with Crippen LogP contribution in [0.25, 0.3) is 10.9 Å². The molecule has 0 radical (unpaired) electrons. The SMILES string of the molecule is COC1=C(O)C2C(C=C1C)CC1(C#N)CN(C)[C@@H]2[C@@H]2[C@@H]3SC[C@]4(NCCc5c4[nH]c4ccccc54)C(=O)OCC[C@@H](c4c5c(c(C)c(OC(C)=O)c43)OCO5)N21. The predicted molar refractivity (Wildman–Crippen MR) is 206 cm³/mol. The third-order valence-electron chi connectivity index (χ3n) is 13.4. The van der Waals surface area contributed by atoms with Crippen molar-refractivity contribution in [2.45, 2.75) is 74.5 Å². The van der Waals surface area contributed by atoms with E-state index in [-0.39, 0.29) is 42.8 Å². The summed E-state index contributed by atoms with van der Waals surface area (Å²) in [6.45, 7) is 6.26. The first-order chi connectivity index (χ1) is 27.0. The normalized spacial score (nSPS) is 34.3. The van der Waals surface area contributed by atoms with Crippen LogP contribution in [0.4, 0.5) is 0 Å². The highest BCUT2D eigenvalue weighted by atomic mass is 32.2. The second kappa shape index (κ2) is 12.7. The summed E-state index contributed by atoms with van der Waals surface area (Å²) < 4.78 is 30.9. The highest BCUT2D eigenvalue weighted by molar-refractivity contribution is 7.99. The number of ether oxygens (including phenoxy) is 5. The van der Waals surface area contributed by atoms with Crippen LogP contribution in [0.3, 0.4) is 0 Å². The molecule has 0 saturated carbocycles. The van der Waals surface area contributed by atoms with Crippen LogP contribution in [-0.4, -0.2) is 95.9 Å². The molecular weight excluding hydrogens is 735 g/mol. The van der Waals surface area contributed by atoms with Crippen molar-refractivity contribution in [3.63, 3.8) is 0 Å². The number of para-hydroxylation sites is 1. The van der Waals surface area contributed by atoms with Gasteiger partial charge < -0.3 is 33.8 Å². The Labute approximate surface area is 328 Å². The number of likely N-dealkylation sites (N-methyl/N-ethyl adjacent to an activating group) is 1. The first kappa shape index (κ1) is 35.7. The molecule has 12 rings (SSSR count). The number of H-pyrrole nitrogens is 1. The second-order valence-electron chi connectivity index (χ2n) is 16.3. The maximum absolute atomic E-state index is 14.8. The van der Waals surface area contributed by atoms with E-state index in [9.17, 15) is 20.0 Å². The molecule has 14 heteroatoms. The summed E-state index contributed by atoms with van der Waals surface area (Å²) in [5.41, 5.74) is 3.63. The zero-order valence-corrected chi connectivity index (χ0v) is 32.9. The van der Waals surface area contributed by atoms with E-state index in [0.717, 1.165) is 45.3 Å². The Kier molecular flexibility index (Phi) is 8.08. The number of aromatic nitrogens is 1. The van der Waals surface area contributed by atoms with Gasteiger partial charge in [-0.3, -0.25) is 19.9 Å². The van der Waals surface area contributed by atoms with Gasteiger partial charge in [0.1, 0.15) is 17.0 Å². The summed E-state index contributed by atoms with van der Waals surface area (Å²) in [6, 6.07) is 9.71. The summed E-state index contributed by atoms with van der Waals surface area (Å²) >= 11 is 1.59. The lowest BCUT2D eigenvalue weighted by Crippen LogP contribution is -2.71. The smallest absolute Gasteiger partial charge is 0.333 e. The number of aliphatic hydroxyl groups is 1. The zero-order chi connectivity index (χ0) is 38.8. The van der Waals surface area contributed by atoms with Crippen LogP contribution >= 0.6 is 11.8 Å². The average molecular weight is 780 g/mol. The number of hydrogen-bond acceptors (Lipinski definition) is 13. The van der Waals surface area contributed by atoms with Crippen LogP contribution in [0, 0.1) is 30.1 Å². The van der Waals surface area contributed by atoms with Gasteiger partial charge in [-0.15, -0.1) is 11.8 Å². The van der Waals surface area contributed by atoms with E-state index in [1.165, 1.54) is 6.92 Å². The Hall–Kier alpha value is -4.68. The third-order valence-corrected chi connectivity index (χ3v) is 14.9. The van der Waals surface area contributed by atoms with Gasteiger partial charge >= 0.3 is 11.9 Å². The van der Waals surface area contributed by atoms with E-state index >= 15 is 0 Å². The van der Waals surface area contributed by atoms with E-state index in [1.807, 2.05) is 39.1 Å². The first-order valence-electron chi connectivity index (χ1n) is 19.4. The number of piperazine rings is 1. The molecule has 8 aliphatic heterocycles. The number of hydrogen-bond donors (Lipinski definition) is 3. The summed E-state index contributed by atoms with van der Waals surface area (Å²) in [7, 11) is 3.62. The monoisotopic (exact) mass is 779 g/mol. The lowest BCUT2D eigenvalue weighted by molar-refractivity contribution is -0.152. The fraction of sp³-hybridized carbons (Fsp3) is 0.500. The molecule has 3 N–H and O–H groups in total. The highest BCUT2D eigenvalue weighted by Crippen LogP contribution is 2.65. The minimum Gasteiger partial charge on any atom is -0.508 e. The molecule has 1 aromatic heterocycles. The van der Waals surface area contributed by atoms with E-state index in [4.69, 9.17) is 23.7 Å². The summed E-state index contributed by atoms with van der Waals surface area (Å²) in [5.74, 6) is 0.939. The fourth-order valence-electron chi connectivity index (χ4n) is 11.5. The van der Waals surface area contributed by atoms with E-state index in [0.29, 0.717) is 54.5 Å². The van der Waals surface area contributed by atoms with Crippen LogP contribution in [0.5, 0.6) is 17.2 Å². The lowest BCUT2D eigenvalue weighted by Gasteiger charge is -2.60. The van der Waals surface area contributed by atoms with Crippen LogP contribution in [0.15, 0.2) is 47.4 Å². The van der Waals surface area contributed by atoms with Gasteiger partial charge in [-0.25, -0.2) is 4.79 Å².